The Balaban J connectivity index is 2.43. The standard InChI is InChI=1S/C16H28BrN3O4/c1-6-13(20(22)23)16(5,17)8-9-18-12-7-10-19(11-12)14(21)24-15(2,3)4/h6,12,18H,7-11H2,1-5H3/b13-6+/t12-,16+/m1/s1. The maximum absolute atomic E-state index is 12.0. The first kappa shape index (κ1) is 20.9. The number of allylic oxidation sites excluding steroid dienone is 2. The number of carbonyl (C=O) groups excluding carboxylic acids is 1. The zero-order chi connectivity index (χ0) is 18.5. The minimum Gasteiger partial charge on any atom is -0.444 e. The highest BCUT2D eigenvalue weighted by atomic mass is 79.9. The number of ether oxygens (including phenoxy) is 1. The van der Waals surface area contributed by atoms with Gasteiger partial charge in [-0.3, -0.25) is 10.1 Å². The Bertz CT molecular complexity index is 500. The van der Waals surface area contributed by atoms with E-state index in [1.54, 1.807) is 18.7 Å². The van der Waals surface area contributed by atoms with E-state index in [1.807, 2.05) is 20.8 Å². The van der Waals surface area contributed by atoms with Gasteiger partial charge in [-0.2, -0.15) is 0 Å². The highest BCUT2D eigenvalue weighted by Crippen LogP contribution is 2.30. The molecule has 0 radical (unpaired) electrons. The molecular weight excluding hydrogens is 378 g/mol. The number of hydrogen-bond donors (Lipinski definition) is 1. The number of amides is 1. The van der Waals surface area contributed by atoms with Gasteiger partial charge >= 0.3 is 6.09 Å². The molecule has 1 heterocycles. The molecule has 1 fully saturated rings. The van der Waals surface area contributed by atoms with Gasteiger partial charge in [-0.25, -0.2) is 4.79 Å². The fourth-order valence-corrected chi connectivity index (χ4v) is 3.23. The summed E-state index contributed by atoms with van der Waals surface area (Å²) >= 11 is 3.45. The molecule has 0 aromatic carbocycles. The van der Waals surface area contributed by atoms with E-state index >= 15 is 0 Å². The highest BCUT2D eigenvalue weighted by molar-refractivity contribution is 9.10. The molecular formula is C16H28BrN3O4. The molecule has 138 valence electrons. The van der Waals surface area contributed by atoms with Crippen molar-refractivity contribution in [2.75, 3.05) is 19.6 Å². The van der Waals surface area contributed by atoms with E-state index in [1.165, 1.54) is 6.08 Å². The van der Waals surface area contributed by atoms with Crippen LogP contribution in [0.3, 0.4) is 0 Å². The van der Waals surface area contributed by atoms with Crippen LogP contribution in [0.5, 0.6) is 0 Å². The summed E-state index contributed by atoms with van der Waals surface area (Å²) in [4.78, 5) is 24.4. The van der Waals surface area contributed by atoms with Crippen molar-refractivity contribution in [3.63, 3.8) is 0 Å². The quantitative estimate of drug-likeness (QED) is 0.416. The molecule has 0 aromatic rings. The van der Waals surface area contributed by atoms with Crippen molar-refractivity contribution >= 4 is 22.0 Å². The first-order valence-electron chi connectivity index (χ1n) is 8.17. The lowest BCUT2D eigenvalue weighted by Crippen LogP contribution is -2.39. The van der Waals surface area contributed by atoms with Crippen LogP contribution in [0, 0.1) is 10.1 Å². The number of nitrogens with one attached hydrogen (secondary N) is 1. The van der Waals surface area contributed by atoms with Crippen LogP contribution in [0.2, 0.25) is 0 Å². The average Bonchev–Trinajstić information content (AvgIpc) is 2.85. The van der Waals surface area contributed by atoms with Crippen molar-refractivity contribution in [3.05, 3.63) is 21.9 Å². The van der Waals surface area contributed by atoms with Gasteiger partial charge in [0, 0.05) is 19.1 Å². The number of nitro groups is 1. The second kappa shape index (κ2) is 8.29. The van der Waals surface area contributed by atoms with Crippen molar-refractivity contribution in [2.45, 2.75) is 63.4 Å². The second-order valence-corrected chi connectivity index (χ2v) is 8.99. The summed E-state index contributed by atoms with van der Waals surface area (Å²) in [5.41, 5.74) is -0.336. The molecule has 1 N–H and O–H groups in total. The van der Waals surface area contributed by atoms with E-state index < -0.39 is 9.93 Å². The lowest BCUT2D eigenvalue weighted by molar-refractivity contribution is -0.430. The lowest BCUT2D eigenvalue weighted by Gasteiger charge is -2.24. The molecule has 1 amide bonds. The molecule has 0 aromatic heterocycles. The zero-order valence-electron chi connectivity index (χ0n) is 15.1. The van der Waals surface area contributed by atoms with Gasteiger partial charge in [0.2, 0.25) is 0 Å². The fraction of sp³-hybridized carbons (Fsp3) is 0.812. The minimum absolute atomic E-state index is 0.158. The van der Waals surface area contributed by atoms with Crippen molar-refractivity contribution < 1.29 is 14.5 Å². The summed E-state index contributed by atoms with van der Waals surface area (Å²) in [5.74, 6) is 0. The van der Waals surface area contributed by atoms with Crippen LogP contribution >= 0.6 is 15.9 Å². The summed E-state index contributed by atoms with van der Waals surface area (Å²) in [5, 5.41) is 14.4. The monoisotopic (exact) mass is 405 g/mol. The number of alkyl halides is 1. The van der Waals surface area contributed by atoms with E-state index in [0.29, 0.717) is 26.1 Å². The molecule has 1 aliphatic heterocycles. The summed E-state index contributed by atoms with van der Waals surface area (Å²) in [6.07, 6.45) is 2.66. The van der Waals surface area contributed by atoms with Crippen LogP contribution in [-0.4, -0.2) is 51.5 Å². The second-order valence-electron chi connectivity index (χ2n) is 7.24. The molecule has 0 unspecified atom stereocenters. The third kappa shape index (κ3) is 6.39. The number of carbonyl (C=O) groups is 1. The summed E-state index contributed by atoms with van der Waals surface area (Å²) in [7, 11) is 0. The van der Waals surface area contributed by atoms with Crippen LogP contribution in [0.1, 0.15) is 47.5 Å². The zero-order valence-corrected chi connectivity index (χ0v) is 16.7. The van der Waals surface area contributed by atoms with Crippen LogP contribution < -0.4 is 5.32 Å². The number of nitrogens with zero attached hydrogens (tertiary/aromatic N) is 2. The molecule has 0 aliphatic carbocycles. The van der Waals surface area contributed by atoms with Gasteiger partial charge < -0.3 is 15.0 Å². The lowest BCUT2D eigenvalue weighted by atomic mass is 10.0. The van der Waals surface area contributed by atoms with Gasteiger partial charge in [-0.05, 0) is 60.1 Å². The van der Waals surface area contributed by atoms with Gasteiger partial charge in [0.05, 0.1) is 4.92 Å². The predicted octanol–water partition coefficient (Wildman–Crippen LogP) is 3.31. The molecule has 1 rings (SSSR count). The number of likely N-dealkylation sites (tertiary alicyclic amines) is 1. The van der Waals surface area contributed by atoms with Crippen molar-refractivity contribution in [1.82, 2.24) is 10.2 Å². The third-order valence-corrected chi connectivity index (χ3v) is 4.67. The summed E-state index contributed by atoms with van der Waals surface area (Å²) < 4.78 is 4.69. The van der Waals surface area contributed by atoms with Gasteiger partial charge in [-0.15, -0.1) is 0 Å². The Kier molecular flexibility index (Phi) is 7.22. The van der Waals surface area contributed by atoms with Crippen LogP contribution in [0.15, 0.2) is 11.8 Å². The number of hydrogen-bond acceptors (Lipinski definition) is 5. The normalized spacial score (nSPS) is 21.5. The maximum atomic E-state index is 12.0. The Morgan fingerprint density at radius 3 is 2.58 bits per heavy atom. The Labute approximate surface area is 152 Å². The first-order valence-corrected chi connectivity index (χ1v) is 8.97. The first-order chi connectivity index (χ1) is 11.0. The SMILES string of the molecule is C/C=C(/[N+](=O)[O-])[C@@](C)(Br)CCN[C@@H]1CCN(C(=O)OC(C)(C)C)C1. The van der Waals surface area contributed by atoms with E-state index in [-0.39, 0.29) is 22.8 Å². The Morgan fingerprint density at radius 2 is 2.08 bits per heavy atom. The molecule has 1 saturated heterocycles. The molecule has 24 heavy (non-hydrogen) atoms. The van der Waals surface area contributed by atoms with Gasteiger partial charge in [0.25, 0.3) is 5.70 Å². The highest BCUT2D eigenvalue weighted by Gasteiger charge is 2.35. The van der Waals surface area contributed by atoms with Crippen molar-refractivity contribution in [3.8, 4) is 0 Å². The van der Waals surface area contributed by atoms with Gasteiger partial charge in [0.15, 0.2) is 0 Å². The van der Waals surface area contributed by atoms with E-state index in [4.69, 9.17) is 4.74 Å². The van der Waals surface area contributed by atoms with Crippen molar-refractivity contribution in [1.29, 1.82) is 0 Å². The Morgan fingerprint density at radius 1 is 1.46 bits per heavy atom. The molecule has 1 aliphatic rings. The van der Waals surface area contributed by atoms with Gasteiger partial charge in [0.1, 0.15) is 9.93 Å². The summed E-state index contributed by atoms with van der Waals surface area (Å²) in [6.45, 7) is 10.9. The molecule has 0 spiro atoms. The van der Waals surface area contributed by atoms with Crippen LogP contribution in [0.4, 0.5) is 4.79 Å². The van der Waals surface area contributed by atoms with E-state index in [2.05, 4.69) is 21.2 Å². The number of rotatable bonds is 6. The molecule has 8 heteroatoms. The molecule has 0 bridgehead atoms. The van der Waals surface area contributed by atoms with Crippen molar-refractivity contribution in [2.24, 2.45) is 0 Å². The topological polar surface area (TPSA) is 84.7 Å². The predicted molar refractivity (Wildman–Crippen MR) is 96.9 cm³/mol. The maximum Gasteiger partial charge on any atom is 0.410 e. The largest absolute Gasteiger partial charge is 0.444 e. The smallest absolute Gasteiger partial charge is 0.410 e. The van der Waals surface area contributed by atoms with Crippen LogP contribution in [0.25, 0.3) is 0 Å². The molecule has 7 nitrogen and oxygen atoms in total. The third-order valence-electron chi connectivity index (χ3n) is 3.87. The number of halogens is 1. The minimum atomic E-state index is -0.679. The molecule has 0 saturated carbocycles. The fourth-order valence-electron chi connectivity index (χ4n) is 2.66. The molecule has 2 atom stereocenters. The van der Waals surface area contributed by atoms with E-state index in [9.17, 15) is 14.9 Å². The Hall–Kier alpha value is -1.15. The van der Waals surface area contributed by atoms with Gasteiger partial charge in [-0.1, -0.05) is 15.9 Å². The van der Waals surface area contributed by atoms with Crippen LogP contribution in [-0.2, 0) is 4.74 Å². The summed E-state index contributed by atoms with van der Waals surface area (Å²) in [6, 6.07) is 0.186. The van der Waals surface area contributed by atoms with E-state index in [0.717, 1.165) is 6.42 Å². The average molecular weight is 406 g/mol.